The van der Waals surface area contributed by atoms with Crippen LogP contribution in [-0.2, 0) is 8.23 Å². The molecule has 0 aliphatic rings. The van der Waals surface area contributed by atoms with Crippen LogP contribution < -0.4 is 0 Å². The van der Waals surface area contributed by atoms with E-state index in [4.69, 9.17) is 8.23 Å². The van der Waals surface area contributed by atoms with Crippen molar-refractivity contribution in [1.29, 1.82) is 0 Å². The Morgan fingerprint density at radius 2 is 1.07 bits per heavy atom. The molecule has 0 aromatic carbocycles. The molecule has 0 aromatic heterocycles. The minimum Gasteiger partial charge on any atom is -0.439 e. The number of hydrogen-bond donors (Lipinski definition) is 0. The lowest BCUT2D eigenvalue weighted by atomic mass is 10.6. The Labute approximate surface area is 93.1 Å². The van der Waals surface area contributed by atoms with Gasteiger partial charge in [0.2, 0.25) is 0 Å². The smallest absolute Gasteiger partial charge is 0.303 e. The molecule has 5 heteroatoms. The molecule has 0 aliphatic heterocycles. The van der Waals surface area contributed by atoms with Gasteiger partial charge >= 0.3 is 9.28 Å². The lowest BCUT2D eigenvalue weighted by molar-refractivity contribution is 0.405. The predicted molar refractivity (Wildman–Crippen MR) is 71.1 cm³/mol. The van der Waals surface area contributed by atoms with E-state index in [0.717, 1.165) is 0 Å². The Balaban J connectivity index is 4.32. The van der Waals surface area contributed by atoms with Crippen LogP contribution in [0.4, 0.5) is 0 Å². The zero-order valence-electron chi connectivity index (χ0n) is 11.0. The highest BCUT2D eigenvalue weighted by Crippen LogP contribution is 2.19. The number of rotatable bonds is 5. The highest BCUT2D eigenvalue weighted by molar-refractivity contribution is 6.81. The van der Waals surface area contributed by atoms with Crippen LogP contribution in [0.25, 0.3) is 0 Å². The molecule has 0 rings (SSSR count). The molecular formula is C9H26O2Si3. The van der Waals surface area contributed by atoms with Crippen molar-refractivity contribution in [3.8, 4) is 0 Å². The van der Waals surface area contributed by atoms with Crippen molar-refractivity contribution in [2.75, 3.05) is 0 Å². The lowest BCUT2D eigenvalue weighted by Gasteiger charge is -2.32. The fourth-order valence-electron chi connectivity index (χ4n) is 0.993. The first kappa shape index (κ1) is 14.6. The molecule has 0 amide bonds. The molecule has 0 spiro atoms. The second kappa shape index (κ2) is 5.07. The summed E-state index contributed by atoms with van der Waals surface area (Å²) in [7, 11) is -4.28. The third kappa shape index (κ3) is 7.93. The molecule has 0 N–H and O–H groups in total. The fraction of sp³-hybridized carbons (Fsp3) is 1.00. The van der Waals surface area contributed by atoms with Crippen molar-refractivity contribution < 1.29 is 8.23 Å². The van der Waals surface area contributed by atoms with Gasteiger partial charge in [-0.05, 0) is 44.8 Å². The van der Waals surface area contributed by atoms with Gasteiger partial charge in [0.25, 0.3) is 0 Å². The van der Waals surface area contributed by atoms with Crippen molar-refractivity contribution in [2.45, 2.75) is 58.7 Å². The number of hydrogen-bond acceptors (Lipinski definition) is 2. The SMILES string of the molecule is CC(C)[SiH](O[Si](C)(C)C)O[Si](C)(C)C. The van der Waals surface area contributed by atoms with E-state index in [1.54, 1.807) is 0 Å². The lowest BCUT2D eigenvalue weighted by Crippen LogP contribution is -2.44. The van der Waals surface area contributed by atoms with Gasteiger partial charge in [0.15, 0.2) is 16.6 Å². The minimum atomic E-state index is -1.43. The van der Waals surface area contributed by atoms with Crippen molar-refractivity contribution in [2.24, 2.45) is 0 Å². The average Bonchev–Trinajstić information content (AvgIpc) is 1.78. The quantitative estimate of drug-likeness (QED) is 0.697. The fourth-order valence-corrected chi connectivity index (χ4v) is 9.37. The molecule has 0 fully saturated rings. The van der Waals surface area contributed by atoms with Crippen molar-refractivity contribution in [3.05, 3.63) is 0 Å². The molecule has 86 valence electrons. The summed E-state index contributed by atoms with van der Waals surface area (Å²) in [5.74, 6) is 0. The molecule has 0 aromatic rings. The van der Waals surface area contributed by atoms with E-state index >= 15 is 0 Å². The second-order valence-corrected chi connectivity index (χ2v) is 18.5. The Morgan fingerprint density at radius 3 is 1.21 bits per heavy atom. The highest BCUT2D eigenvalue weighted by Gasteiger charge is 2.30. The molecule has 0 radical (unpaired) electrons. The zero-order chi connectivity index (χ0) is 11.6. The molecule has 0 unspecified atom stereocenters. The summed E-state index contributed by atoms with van der Waals surface area (Å²) in [6.07, 6.45) is 0. The molecule has 0 aliphatic carbocycles. The van der Waals surface area contributed by atoms with Gasteiger partial charge in [-0.15, -0.1) is 0 Å². The van der Waals surface area contributed by atoms with Crippen LogP contribution in [0, 0.1) is 0 Å². The zero-order valence-corrected chi connectivity index (χ0v) is 14.1. The van der Waals surface area contributed by atoms with E-state index in [9.17, 15) is 0 Å². The Kier molecular flexibility index (Phi) is 5.27. The highest BCUT2D eigenvalue weighted by atomic mass is 28.4. The Bertz CT molecular complexity index is 154. The van der Waals surface area contributed by atoms with E-state index in [1.165, 1.54) is 0 Å². The maximum absolute atomic E-state index is 6.17. The summed E-state index contributed by atoms with van der Waals surface area (Å²) in [6.45, 7) is 17.9. The topological polar surface area (TPSA) is 18.5 Å². The van der Waals surface area contributed by atoms with Gasteiger partial charge in [0.1, 0.15) is 0 Å². The van der Waals surface area contributed by atoms with Gasteiger partial charge < -0.3 is 8.23 Å². The maximum atomic E-state index is 6.17. The standard InChI is InChI=1S/C9H26O2Si3/c1-9(2)12(10-13(3,4)5)11-14(6,7)8/h9,12H,1-8H3. The van der Waals surface area contributed by atoms with Gasteiger partial charge in [-0.3, -0.25) is 0 Å². The monoisotopic (exact) mass is 250 g/mol. The first-order valence-corrected chi connectivity index (χ1v) is 13.8. The van der Waals surface area contributed by atoms with Crippen LogP contribution in [0.2, 0.25) is 44.8 Å². The third-order valence-electron chi connectivity index (χ3n) is 1.48. The maximum Gasteiger partial charge on any atom is 0.303 e. The van der Waals surface area contributed by atoms with Crippen molar-refractivity contribution in [1.82, 2.24) is 0 Å². The van der Waals surface area contributed by atoms with E-state index in [2.05, 4.69) is 53.1 Å². The second-order valence-electron chi connectivity index (χ2n) is 6.07. The van der Waals surface area contributed by atoms with Gasteiger partial charge in [-0.1, -0.05) is 13.8 Å². The largest absolute Gasteiger partial charge is 0.439 e. The van der Waals surface area contributed by atoms with Gasteiger partial charge in [0, 0.05) is 0 Å². The van der Waals surface area contributed by atoms with Crippen LogP contribution in [0.5, 0.6) is 0 Å². The normalized spacial score (nSPS) is 14.1. The molecule has 2 nitrogen and oxygen atoms in total. The van der Waals surface area contributed by atoms with Crippen LogP contribution in [-0.4, -0.2) is 25.9 Å². The van der Waals surface area contributed by atoms with E-state index in [1.807, 2.05) is 0 Å². The Morgan fingerprint density at radius 1 is 0.786 bits per heavy atom. The van der Waals surface area contributed by atoms with E-state index < -0.39 is 25.9 Å². The molecule has 0 atom stereocenters. The predicted octanol–water partition coefficient (Wildman–Crippen LogP) is 3.32. The van der Waals surface area contributed by atoms with Crippen LogP contribution in [0.1, 0.15) is 13.8 Å². The minimum absolute atomic E-state index is 0.577. The Hall–Kier alpha value is 0.571. The summed E-state index contributed by atoms with van der Waals surface area (Å²) in [5.41, 5.74) is 0.577. The average molecular weight is 251 g/mol. The summed E-state index contributed by atoms with van der Waals surface area (Å²) in [4.78, 5) is 0. The molecule has 0 heterocycles. The summed E-state index contributed by atoms with van der Waals surface area (Å²) >= 11 is 0. The van der Waals surface area contributed by atoms with Crippen molar-refractivity contribution in [3.63, 3.8) is 0 Å². The van der Waals surface area contributed by atoms with E-state index in [0.29, 0.717) is 5.54 Å². The first-order valence-electron chi connectivity index (χ1n) is 5.37. The molecule has 14 heavy (non-hydrogen) atoms. The molecular weight excluding hydrogens is 224 g/mol. The van der Waals surface area contributed by atoms with Crippen molar-refractivity contribution >= 4 is 25.9 Å². The van der Waals surface area contributed by atoms with Crippen LogP contribution >= 0.6 is 0 Å². The summed E-state index contributed by atoms with van der Waals surface area (Å²) < 4.78 is 12.3. The van der Waals surface area contributed by atoms with Gasteiger partial charge in [-0.25, -0.2) is 0 Å². The summed E-state index contributed by atoms with van der Waals surface area (Å²) in [5, 5.41) is 0. The molecule has 0 saturated carbocycles. The summed E-state index contributed by atoms with van der Waals surface area (Å²) in [6, 6.07) is 0. The molecule has 0 saturated heterocycles. The third-order valence-corrected chi connectivity index (χ3v) is 10.1. The van der Waals surface area contributed by atoms with E-state index in [-0.39, 0.29) is 0 Å². The van der Waals surface area contributed by atoms with Crippen LogP contribution in [0.15, 0.2) is 0 Å². The van der Waals surface area contributed by atoms with Crippen LogP contribution in [0.3, 0.4) is 0 Å². The van der Waals surface area contributed by atoms with Gasteiger partial charge in [-0.2, -0.15) is 0 Å². The first-order chi connectivity index (χ1) is 6.01. The van der Waals surface area contributed by atoms with Gasteiger partial charge in [0.05, 0.1) is 0 Å². The molecule has 0 bridgehead atoms.